The first-order valence-corrected chi connectivity index (χ1v) is 14.3. The molecule has 2 aromatic carbocycles. The van der Waals surface area contributed by atoms with E-state index in [4.69, 9.17) is 4.74 Å². The van der Waals surface area contributed by atoms with E-state index in [1.165, 1.54) is 10.4 Å². The molecular formula is C30H33N3O5S. The highest BCUT2D eigenvalue weighted by Gasteiger charge is 2.38. The molecule has 2 heterocycles. The van der Waals surface area contributed by atoms with Crippen LogP contribution in [-0.2, 0) is 21.2 Å². The molecule has 0 unspecified atom stereocenters. The Labute approximate surface area is 230 Å². The van der Waals surface area contributed by atoms with Crippen molar-refractivity contribution in [2.75, 3.05) is 26.7 Å². The van der Waals surface area contributed by atoms with Crippen LogP contribution in [0.3, 0.4) is 0 Å². The summed E-state index contributed by atoms with van der Waals surface area (Å²) in [6, 6.07) is 19.1. The highest BCUT2D eigenvalue weighted by molar-refractivity contribution is 7.89. The van der Waals surface area contributed by atoms with Gasteiger partial charge in [0.2, 0.25) is 15.9 Å². The molecule has 3 atom stereocenters. The second-order valence-corrected chi connectivity index (χ2v) is 11.6. The number of pyridine rings is 1. The van der Waals surface area contributed by atoms with E-state index in [9.17, 15) is 18.3 Å². The van der Waals surface area contributed by atoms with Crippen molar-refractivity contribution in [3.05, 3.63) is 89.7 Å². The van der Waals surface area contributed by atoms with E-state index in [0.29, 0.717) is 11.3 Å². The standard InChI is InChI=1S/C30H33N3O5S/c1-22-19-33(23(2)21-34)39(36,37)29-15-14-25(13-12-24-9-5-4-6-10-24)17-27(29)38-28(22)20-32(3)30(35)18-26-11-7-8-16-31-26/h4-11,14-17,22-23,28,34H,18-21H2,1-3H3/t22-,23+,28+/m1/s1. The van der Waals surface area contributed by atoms with Crippen LogP contribution in [0.4, 0.5) is 0 Å². The lowest BCUT2D eigenvalue weighted by Gasteiger charge is -2.37. The summed E-state index contributed by atoms with van der Waals surface area (Å²) in [5, 5.41) is 9.85. The number of ether oxygens (including phenoxy) is 1. The van der Waals surface area contributed by atoms with Crippen molar-refractivity contribution in [2.24, 2.45) is 5.92 Å². The number of amides is 1. The molecule has 0 bridgehead atoms. The summed E-state index contributed by atoms with van der Waals surface area (Å²) in [7, 11) is -2.27. The molecule has 9 heteroatoms. The second kappa shape index (κ2) is 12.4. The summed E-state index contributed by atoms with van der Waals surface area (Å²) in [6.45, 7) is 3.61. The maximum Gasteiger partial charge on any atom is 0.247 e. The van der Waals surface area contributed by atoms with Gasteiger partial charge in [0.1, 0.15) is 16.7 Å². The number of aromatic nitrogens is 1. The first-order chi connectivity index (χ1) is 18.7. The Balaban J connectivity index is 1.67. The first kappa shape index (κ1) is 28.3. The Hall–Kier alpha value is -3.71. The number of hydrogen-bond acceptors (Lipinski definition) is 6. The van der Waals surface area contributed by atoms with Crippen LogP contribution >= 0.6 is 0 Å². The van der Waals surface area contributed by atoms with Gasteiger partial charge in [-0.3, -0.25) is 9.78 Å². The molecule has 1 aliphatic rings. The van der Waals surface area contributed by atoms with Gasteiger partial charge in [-0.2, -0.15) is 4.31 Å². The number of rotatable bonds is 6. The predicted molar refractivity (Wildman–Crippen MR) is 148 cm³/mol. The molecule has 3 aromatic rings. The topological polar surface area (TPSA) is 100 Å². The van der Waals surface area contributed by atoms with Gasteiger partial charge in [0, 0.05) is 48.6 Å². The minimum atomic E-state index is -3.97. The third kappa shape index (κ3) is 6.84. The third-order valence-electron chi connectivity index (χ3n) is 6.73. The third-order valence-corrected chi connectivity index (χ3v) is 8.75. The summed E-state index contributed by atoms with van der Waals surface area (Å²) >= 11 is 0. The molecule has 0 radical (unpaired) electrons. The zero-order valence-corrected chi connectivity index (χ0v) is 23.1. The Morgan fingerprint density at radius 2 is 1.85 bits per heavy atom. The lowest BCUT2D eigenvalue weighted by molar-refractivity contribution is -0.130. The summed E-state index contributed by atoms with van der Waals surface area (Å²) < 4.78 is 35.0. The minimum Gasteiger partial charge on any atom is -0.487 e. The molecule has 204 valence electrons. The van der Waals surface area contributed by atoms with Crippen molar-refractivity contribution in [3.63, 3.8) is 0 Å². The number of benzene rings is 2. The van der Waals surface area contributed by atoms with Gasteiger partial charge in [0.15, 0.2) is 0 Å². The number of hydrogen-bond donors (Lipinski definition) is 1. The van der Waals surface area contributed by atoms with Gasteiger partial charge in [-0.05, 0) is 49.4 Å². The molecule has 8 nitrogen and oxygen atoms in total. The number of aliphatic hydroxyl groups excluding tert-OH is 1. The van der Waals surface area contributed by atoms with Gasteiger partial charge < -0.3 is 14.7 Å². The number of sulfonamides is 1. The smallest absolute Gasteiger partial charge is 0.247 e. The molecule has 4 rings (SSSR count). The maximum absolute atomic E-state index is 13.7. The van der Waals surface area contributed by atoms with Crippen LogP contribution in [0.5, 0.6) is 5.75 Å². The van der Waals surface area contributed by atoms with E-state index in [-0.39, 0.29) is 48.6 Å². The summed E-state index contributed by atoms with van der Waals surface area (Å²) in [4.78, 5) is 18.8. The van der Waals surface area contributed by atoms with Crippen molar-refractivity contribution in [2.45, 2.75) is 37.3 Å². The molecule has 1 N–H and O–H groups in total. The van der Waals surface area contributed by atoms with E-state index in [2.05, 4.69) is 16.8 Å². The number of nitrogens with zero attached hydrogens (tertiary/aromatic N) is 3. The Morgan fingerprint density at radius 1 is 1.13 bits per heavy atom. The largest absolute Gasteiger partial charge is 0.487 e. The fourth-order valence-corrected chi connectivity index (χ4v) is 6.18. The Bertz CT molecular complexity index is 1450. The van der Waals surface area contributed by atoms with Crippen LogP contribution in [0.25, 0.3) is 0 Å². The van der Waals surface area contributed by atoms with Gasteiger partial charge in [-0.1, -0.05) is 43.0 Å². The fourth-order valence-electron chi connectivity index (χ4n) is 4.35. The molecule has 0 saturated heterocycles. The van der Waals surface area contributed by atoms with Gasteiger partial charge in [0.25, 0.3) is 0 Å². The van der Waals surface area contributed by atoms with E-state index in [1.54, 1.807) is 49.3 Å². The van der Waals surface area contributed by atoms with E-state index in [0.717, 1.165) is 5.56 Å². The lowest BCUT2D eigenvalue weighted by Crippen LogP contribution is -2.50. The average Bonchev–Trinajstić information content (AvgIpc) is 2.94. The van der Waals surface area contributed by atoms with Gasteiger partial charge in [0.05, 0.1) is 19.6 Å². The summed E-state index contributed by atoms with van der Waals surface area (Å²) in [5.74, 6) is 5.93. The van der Waals surface area contributed by atoms with Gasteiger partial charge in [-0.25, -0.2) is 8.42 Å². The molecule has 1 amide bonds. The number of likely N-dealkylation sites (N-methyl/N-ethyl adjacent to an activating group) is 1. The first-order valence-electron chi connectivity index (χ1n) is 12.8. The van der Waals surface area contributed by atoms with Crippen molar-refractivity contribution >= 4 is 15.9 Å². The molecular weight excluding hydrogens is 514 g/mol. The van der Waals surface area contributed by atoms with Crippen molar-refractivity contribution in [1.29, 1.82) is 0 Å². The SMILES string of the molecule is C[C@@H]1CN([C@@H](C)CO)S(=O)(=O)c2ccc(C#Cc3ccccc3)cc2O[C@H]1CN(C)C(=O)Cc1ccccn1. The number of carbonyl (C=O) groups excluding carboxylic acids is 1. The van der Waals surface area contributed by atoms with Crippen LogP contribution in [0.1, 0.15) is 30.7 Å². The van der Waals surface area contributed by atoms with Crippen LogP contribution in [-0.4, -0.2) is 72.5 Å². The second-order valence-electron chi connectivity index (χ2n) is 9.79. The highest BCUT2D eigenvalue weighted by atomic mass is 32.2. The minimum absolute atomic E-state index is 0.00688. The predicted octanol–water partition coefficient (Wildman–Crippen LogP) is 2.95. The quantitative estimate of drug-likeness (QED) is 0.477. The summed E-state index contributed by atoms with van der Waals surface area (Å²) in [5.41, 5.74) is 2.10. The monoisotopic (exact) mass is 547 g/mol. The molecule has 0 spiro atoms. The van der Waals surface area contributed by atoms with Crippen LogP contribution in [0.15, 0.2) is 77.8 Å². The molecule has 1 aromatic heterocycles. The van der Waals surface area contributed by atoms with Crippen molar-refractivity contribution < 1.29 is 23.1 Å². The van der Waals surface area contributed by atoms with Gasteiger partial charge >= 0.3 is 0 Å². The number of aliphatic hydroxyl groups is 1. The maximum atomic E-state index is 13.7. The summed E-state index contributed by atoms with van der Waals surface area (Å²) in [6.07, 6.45) is 1.29. The van der Waals surface area contributed by atoms with E-state index < -0.39 is 22.2 Å². The Morgan fingerprint density at radius 3 is 2.54 bits per heavy atom. The van der Waals surface area contributed by atoms with Crippen molar-refractivity contribution in [1.82, 2.24) is 14.2 Å². The number of carbonyl (C=O) groups is 1. The molecule has 0 fully saturated rings. The lowest BCUT2D eigenvalue weighted by atomic mass is 10.0. The Kier molecular flexibility index (Phi) is 9.02. The van der Waals surface area contributed by atoms with Crippen LogP contribution in [0, 0.1) is 17.8 Å². The van der Waals surface area contributed by atoms with Crippen molar-refractivity contribution in [3.8, 4) is 17.6 Å². The van der Waals surface area contributed by atoms with E-state index >= 15 is 0 Å². The average molecular weight is 548 g/mol. The molecule has 0 saturated carbocycles. The fraction of sp³-hybridized carbons (Fsp3) is 0.333. The van der Waals surface area contributed by atoms with E-state index in [1.807, 2.05) is 43.3 Å². The number of fused-ring (bicyclic) bond motifs is 1. The highest BCUT2D eigenvalue weighted by Crippen LogP contribution is 2.34. The molecule has 1 aliphatic heterocycles. The molecule has 0 aliphatic carbocycles. The van der Waals surface area contributed by atoms with Crippen LogP contribution in [0.2, 0.25) is 0 Å². The van der Waals surface area contributed by atoms with Crippen LogP contribution < -0.4 is 4.74 Å². The normalized spacial score (nSPS) is 19.3. The zero-order valence-electron chi connectivity index (χ0n) is 22.3. The molecule has 39 heavy (non-hydrogen) atoms. The van der Waals surface area contributed by atoms with Gasteiger partial charge in [-0.15, -0.1) is 0 Å². The zero-order chi connectivity index (χ0) is 28.0.